The Morgan fingerprint density at radius 3 is 2.60 bits per heavy atom. The van der Waals surface area contributed by atoms with Crippen molar-refractivity contribution in [3.8, 4) is 22.5 Å². The Hall–Kier alpha value is -3.48. The Morgan fingerprint density at radius 2 is 1.84 bits per heavy atom. The van der Waals surface area contributed by atoms with Gasteiger partial charge in [-0.3, -0.25) is 9.48 Å². The van der Waals surface area contributed by atoms with E-state index < -0.39 is 0 Å². The molecule has 0 spiro atoms. The van der Waals surface area contributed by atoms with E-state index in [1.165, 1.54) is 5.56 Å². The smallest absolute Gasteiger partial charge is 0.212 e. The molecule has 0 saturated carbocycles. The highest BCUT2D eigenvalue weighted by Crippen LogP contribution is 2.30. The number of anilines is 1. The molecular weight excluding hydrogens is 316 g/mol. The van der Waals surface area contributed by atoms with Crippen LogP contribution >= 0.6 is 0 Å². The van der Waals surface area contributed by atoms with E-state index in [9.17, 15) is 4.79 Å². The van der Waals surface area contributed by atoms with Crippen molar-refractivity contribution >= 4 is 17.9 Å². The third-order valence-electron chi connectivity index (χ3n) is 3.96. The molecule has 124 valence electrons. The van der Waals surface area contributed by atoms with Crippen LogP contribution in [0.15, 0.2) is 48.8 Å². The lowest BCUT2D eigenvalue weighted by atomic mass is 10.0. The van der Waals surface area contributed by atoms with Crippen LogP contribution in [0.3, 0.4) is 0 Å². The predicted octanol–water partition coefficient (Wildman–Crippen LogP) is 2.67. The van der Waals surface area contributed by atoms with E-state index in [-0.39, 0.29) is 0 Å². The second-order valence-corrected chi connectivity index (χ2v) is 5.84. The third-order valence-corrected chi connectivity index (χ3v) is 3.96. The highest BCUT2D eigenvalue weighted by molar-refractivity contribution is 5.79. The number of hydrogen-bond acceptors (Lipinski definition) is 4. The van der Waals surface area contributed by atoms with Gasteiger partial charge in [-0.25, -0.2) is 9.50 Å². The number of aromatic nitrogens is 5. The Kier molecular flexibility index (Phi) is 3.53. The van der Waals surface area contributed by atoms with Crippen LogP contribution in [-0.4, -0.2) is 30.8 Å². The summed E-state index contributed by atoms with van der Waals surface area (Å²) >= 11 is 0. The van der Waals surface area contributed by atoms with E-state index >= 15 is 0 Å². The summed E-state index contributed by atoms with van der Waals surface area (Å²) in [5.74, 6) is 0.463. The molecule has 1 N–H and O–H groups in total. The lowest BCUT2D eigenvalue weighted by Crippen LogP contribution is -1.94. The van der Waals surface area contributed by atoms with Gasteiger partial charge < -0.3 is 5.32 Å². The largest absolute Gasteiger partial charge is 0.312 e. The van der Waals surface area contributed by atoms with Gasteiger partial charge in [0.25, 0.3) is 0 Å². The Labute approximate surface area is 143 Å². The molecule has 0 radical (unpaired) electrons. The van der Waals surface area contributed by atoms with Crippen LogP contribution in [0.4, 0.5) is 5.82 Å². The number of benzene rings is 1. The number of nitrogens with one attached hydrogen (secondary N) is 1. The molecule has 1 aromatic carbocycles. The Balaban J connectivity index is 1.82. The van der Waals surface area contributed by atoms with Crippen molar-refractivity contribution < 1.29 is 4.79 Å². The van der Waals surface area contributed by atoms with Crippen molar-refractivity contribution in [2.45, 2.75) is 6.92 Å². The van der Waals surface area contributed by atoms with Gasteiger partial charge in [0, 0.05) is 24.4 Å². The summed E-state index contributed by atoms with van der Waals surface area (Å²) in [4.78, 5) is 14.8. The summed E-state index contributed by atoms with van der Waals surface area (Å²) < 4.78 is 3.43. The first kappa shape index (κ1) is 15.1. The van der Waals surface area contributed by atoms with Gasteiger partial charge in [0.15, 0.2) is 11.5 Å². The van der Waals surface area contributed by atoms with Gasteiger partial charge in [-0.1, -0.05) is 29.8 Å². The van der Waals surface area contributed by atoms with Gasteiger partial charge in [-0.05, 0) is 19.1 Å². The summed E-state index contributed by atoms with van der Waals surface area (Å²) in [6.07, 6.45) is 4.22. The third kappa shape index (κ3) is 2.76. The normalized spacial score (nSPS) is 11.0. The first-order valence-corrected chi connectivity index (χ1v) is 7.82. The number of carbonyl (C=O) groups excluding carboxylic acids is 1. The SMILES string of the molecule is Cc1ccc(-c2nn(C)cc2-c2ccc3nc(NC=O)cn3n2)cc1. The second-order valence-electron chi connectivity index (χ2n) is 5.84. The number of amides is 1. The molecule has 7 nitrogen and oxygen atoms in total. The molecule has 0 atom stereocenters. The second kappa shape index (κ2) is 5.86. The molecule has 0 saturated heterocycles. The first-order chi connectivity index (χ1) is 12.1. The molecule has 0 bridgehead atoms. The van der Waals surface area contributed by atoms with Gasteiger partial charge in [0.05, 0.1) is 11.9 Å². The zero-order valence-electron chi connectivity index (χ0n) is 13.8. The highest BCUT2D eigenvalue weighted by Gasteiger charge is 2.14. The topological polar surface area (TPSA) is 77.1 Å². The van der Waals surface area contributed by atoms with E-state index in [1.807, 2.05) is 25.4 Å². The van der Waals surface area contributed by atoms with Crippen LogP contribution in [0.5, 0.6) is 0 Å². The van der Waals surface area contributed by atoms with Gasteiger partial charge >= 0.3 is 0 Å². The molecule has 0 aliphatic heterocycles. The molecule has 4 rings (SSSR count). The van der Waals surface area contributed by atoms with Gasteiger partial charge in [0.2, 0.25) is 6.41 Å². The zero-order chi connectivity index (χ0) is 17.4. The van der Waals surface area contributed by atoms with Gasteiger partial charge in [-0.15, -0.1) is 0 Å². The van der Waals surface area contributed by atoms with Crippen molar-refractivity contribution in [3.63, 3.8) is 0 Å². The number of nitrogens with zero attached hydrogens (tertiary/aromatic N) is 5. The maximum Gasteiger partial charge on any atom is 0.212 e. The molecule has 4 aromatic rings. The van der Waals surface area contributed by atoms with Crippen LogP contribution in [0.25, 0.3) is 28.2 Å². The van der Waals surface area contributed by atoms with E-state index in [0.29, 0.717) is 17.9 Å². The number of aryl methyl sites for hydroxylation is 2. The summed E-state index contributed by atoms with van der Waals surface area (Å²) in [5.41, 5.74) is 5.50. The molecule has 0 aliphatic rings. The quantitative estimate of drug-likeness (QED) is 0.583. The highest BCUT2D eigenvalue weighted by atomic mass is 16.1. The fourth-order valence-corrected chi connectivity index (χ4v) is 2.76. The number of carbonyl (C=O) groups is 1. The molecular formula is C18H16N6O. The van der Waals surface area contributed by atoms with E-state index in [2.05, 4.69) is 51.7 Å². The molecule has 3 aromatic heterocycles. The van der Waals surface area contributed by atoms with Crippen LogP contribution in [0.2, 0.25) is 0 Å². The fraction of sp³-hybridized carbons (Fsp3) is 0.111. The Morgan fingerprint density at radius 1 is 1.04 bits per heavy atom. The lowest BCUT2D eigenvalue weighted by Gasteiger charge is -2.03. The average molecular weight is 332 g/mol. The summed E-state index contributed by atoms with van der Waals surface area (Å²) in [5, 5.41) is 11.7. The molecule has 0 unspecified atom stereocenters. The lowest BCUT2D eigenvalue weighted by molar-refractivity contribution is -0.105. The van der Waals surface area contributed by atoms with E-state index in [1.54, 1.807) is 15.4 Å². The Bertz CT molecular complexity index is 1060. The molecule has 25 heavy (non-hydrogen) atoms. The van der Waals surface area contributed by atoms with E-state index in [0.717, 1.165) is 22.5 Å². The monoisotopic (exact) mass is 332 g/mol. The van der Waals surface area contributed by atoms with E-state index in [4.69, 9.17) is 0 Å². The summed E-state index contributed by atoms with van der Waals surface area (Å²) in [6, 6.07) is 12.0. The number of imidazole rings is 1. The molecule has 7 heteroatoms. The maximum atomic E-state index is 10.6. The molecule has 0 aliphatic carbocycles. The minimum Gasteiger partial charge on any atom is -0.312 e. The van der Waals surface area contributed by atoms with Crippen molar-refractivity contribution in [1.82, 2.24) is 24.4 Å². The fourth-order valence-electron chi connectivity index (χ4n) is 2.76. The molecule has 1 amide bonds. The van der Waals surface area contributed by atoms with Gasteiger partial charge in [-0.2, -0.15) is 10.2 Å². The average Bonchev–Trinajstić information content (AvgIpc) is 3.18. The standard InChI is InChI=1S/C18H16N6O/c1-12-3-5-13(6-4-12)18-14(9-23(2)22-18)15-7-8-17-20-16(19-11-25)10-24(17)21-15/h3-11H,1-2H3,(H,19,25). The van der Waals surface area contributed by atoms with Crippen LogP contribution in [0, 0.1) is 6.92 Å². The van der Waals surface area contributed by atoms with Gasteiger partial charge in [0.1, 0.15) is 5.69 Å². The molecule has 3 heterocycles. The minimum atomic E-state index is 0.463. The zero-order valence-corrected chi connectivity index (χ0v) is 13.8. The molecule has 0 fully saturated rings. The first-order valence-electron chi connectivity index (χ1n) is 7.82. The van der Waals surface area contributed by atoms with Crippen molar-refractivity contribution in [2.75, 3.05) is 5.32 Å². The van der Waals surface area contributed by atoms with Crippen molar-refractivity contribution in [1.29, 1.82) is 0 Å². The predicted molar refractivity (Wildman–Crippen MR) is 95.0 cm³/mol. The summed E-state index contributed by atoms with van der Waals surface area (Å²) in [6.45, 7) is 2.06. The maximum absolute atomic E-state index is 10.6. The van der Waals surface area contributed by atoms with Crippen LogP contribution in [-0.2, 0) is 11.8 Å². The number of hydrogen-bond donors (Lipinski definition) is 1. The van der Waals surface area contributed by atoms with Crippen molar-refractivity contribution in [2.24, 2.45) is 7.05 Å². The summed E-state index contributed by atoms with van der Waals surface area (Å²) in [7, 11) is 1.89. The number of fused-ring (bicyclic) bond motifs is 1. The van der Waals surface area contributed by atoms with Crippen LogP contribution < -0.4 is 5.32 Å². The minimum absolute atomic E-state index is 0.463. The van der Waals surface area contributed by atoms with Crippen molar-refractivity contribution in [3.05, 3.63) is 54.4 Å². The number of rotatable bonds is 4. The van der Waals surface area contributed by atoms with Crippen LogP contribution in [0.1, 0.15) is 5.56 Å².